The first kappa shape index (κ1) is 23.1. The van der Waals surface area contributed by atoms with Gasteiger partial charge >= 0.3 is 5.97 Å². The number of aliphatic imine (C=N–C) groups is 1. The van der Waals surface area contributed by atoms with Crippen LogP contribution >= 0.6 is 11.8 Å². The lowest BCUT2D eigenvalue weighted by atomic mass is 10.1. The number of para-hydroxylation sites is 1. The van der Waals surface area contributed by atoms with Gasteiger partial charge in [0.15, 0.2) is 5.17 Å². The second kappa shape index (κ2) is 9.56. The van der Waals surface area contributed by atoms with Gasteiger partial charge in [-0.05, 0) is 59.8 Å². The Bertz CT molecular complexity index is 1610. The van der Waals surface area contributed by atoms with Crippen LogP contribution in [-0.4, -0.2) is 38.7 Å². The Morgan fingerprint density at radius 2 is 1.81 bits per heavy atom. The topological polar surface area (TPSA) is 98.7 Å². The van der Waals surface area contributed by atoms with Gasteiger partial charge in [0.25, 0.3) is 5.91 Å². The van der Waals surface area contributed by atoms with Crippen molar-refractivity contribution in [2.75, 3.05) is 7.05 Å². The molecule has 3 aromatic carbocycles. The standard InChI is InChI=1S/C28H20N4O3S/c1-31-26(33)25(36-28(31)30-22-12-10-18(11-13-22)27(34)35)14-21-17-32(24-9-5-4-8-23(21)24)16-20-7-3-2-6-19(20)15-29/h2-14,17H,16H2,1H3,(H,34,35)/b25-14-,30-28?. The highest BCUT2D eigenvalue weighted by Gasteiger charge is 2.30. The van der Waals surface area contributed by atoms with E-state index in [9.17, 15) is 14.9 Å². The number of nitriles is 1. The monoisotopic (exact) mass is 492 g/mol. The van der Waals surface area contributed by atoms with Gasteiger partial charge in [0, 0.05) is 36.3 Å². The quantitative estimate of drug-likeness (QED) is 0.371. The molecule has 8 heteroatoms. The summed E-state index contributed by atoms with van der Waals surface area (Å²) in [6.07, 6.45) is 3.87. The van der Waals surface area contributed by atoms with Crippen LogP contribution in [0.2, 0.25) is 0 Å². The molecule has 0 atom stereocenters. The first-order valence-electron chi connectivity index (χ1n) is 11.1. The molecule has 1 aromatic heterocycles. The average molecular weight is 493 g/mol. The van der Waals surface area contributed by atoms with Crippen molar-refractivity contribution in [2.45, 2.75) is 6.54 Å². The van der Waals surface area contributed by atoms with Crippen LogP contribution in [0.5, 0.6) is 0 Å². The zero-order valence-electron chi connectivity index (χ0n) is 19.3. The predicted molar refractivity (Wildman–Crippen MR) is 141 cm³/mol. The zero-order valence-corrected chi connectivity index (χ0v) is 20.1. The van der Waals surface area contributed by atoms with Crippen LogP contribution in [0.4, 0.5) is 5.69 Å². The highest BCUT2D eigenvalue weighted by Crippen LogP contribution is 2.35. The van der Waals surface area contributed by atoms with Crippen molar-refractivity contribution in [3.63, 3.8) is 0 Å². The Morgan fingerprint density at radius 1 is 1.08 bits per heavy atom. The van der Waals surface area contributed by atoms with Gasteiger partial charge in [0.1, 0.15) is 0 Å². The van der Waals surface area contributed by atoms with E-state index in [1.807, 2.05) is 60.8 Å². The molecule has 36 heavy (non-hydrogen) atoms. The maximum atomic E-state index is 13.0. The predicted octanol–water partition coefficient (Wildman–Crippen LogP) is 5.49. The van der Waals surface area contributed by atoms with Crippen LogP contribution in [0.3, 0.4) is 0 Å². The molecule has 0 unspecified atom stereocenters. The first-order chi connectivity index (χ1) is 17.4. The van der Waals surface area contributed by atoms with Crippen molar-refractivity contribution < 1.29 is 14.7 Å². The third-order valence-electron chi connectivity index (χ3n) is 5.93. The molecule has 0 spiro atoms. The van der Waals surface area contributed by atoms with E-state index in [1.165, 1.54) is 28.8 Å². The van der Waals surface area contributed by atoms with Crippen LogP contribution < -0.4 is 0 Å². The largest absolute Gasteiger partial charge is 0.478 e. The van der Waals surface area contributed by atoms with E-state index in [1.54, 1.807) is 19.2 Å². The van der Waals surface area contributed by atoms with Gasteiger partial charge in [-0.3, -0.25) is 9.69 Å². The molecule has 0 radical (unpaired) electrons. The second-order valence-corrected chi connectivity index (χ2v) is 9.23. The Labute approximate surface area is 211 Å². The van der Waals surface area contributed by atoms with Gasteiger partial charge in [-0.25, -0.2) is 9.79 Å². The molecular formula is C28H20N4O3S. The third kappa shape index (κ3) is 4.40. The number of nitrogens with zero attached hydrogens (tertiary/aromatic N) is 4. The number of carboxylic acid groups (broad SMARTS) is 1. The summed E-state index contributed by atoms with van der Waals surface area (Å²) in [7, 11) is 1.67. The molecular weight excluding hydrogens is 472 g/mol. The smallest absolute Gasteiger partial charge is 0.335 e. The maximum Gasteiger partial charge on any atom is 0.335 e. The van der Waals surface area contributed by atoms with Crippen molar-refractivity contribution in [2.24, 2.45) is 4.99 Å². The van der Waals surface area contributed by atoms with Crippen LogP contribution in [0.1, 0.15) is 27.0 Å². The Balaban J connectivity index is 1.48. The van der Waals surface area contributed by atoms with E-state index in [0.29, 0.717) is 27.9 Å². The molecule has 2 heterocycles. The fourth-order valence-electron chi connectivity index (χ4n) is 4.05. The number of likely N-dealkylation sites (N-methyl/N-ethyl adjacent to an activating group) is 1. The molecule has 4 aromatic rings. The normalized spacial score (nSPS) is 15.7. The molecule has 1 saturated heterocycles. The zero-order chi connectivity index (χ0) is 25.2. The highest BCUT2D eigenvalue weighted by molar-refractivity contribution is 8.18. The van der Waals surface area contributed by atoms with E-state index in [4.69, 9.17) is 5.11 Å². The van der Waals surface area contributed by atoms with Crippen molar-refractivity contribution in [3.8, 4) is 6.07 Å². The number of carbonyl (C=O) groups is 2. The summed E-state index contributed by atoms with van der Waals surface area (Å²) in [6, 6.07) is 23.9. The lowest BCUT2D eigenvalue weighted by Crippen LogP contribution is -2.23. The van der Waals surface area contributed by atoms with Crippen molar-refractivity contribution in [3.05, 3.63) is 106 Å². The minimum absolute atomic E-state index is 0.160. The molecule has 5 rings (SSSR count). The lowest BCUT2D eigenvalue weighted by Gasteiger charge is -2.07. The number of hydrogen-bond donors (Lipinski definition) is 1. The molecule has 0 aliphatic carbocycles. The van der Waals surface area contributed by atoms with E-state index < -0.39 is 5.97 Å². The molecule has 1 fully saturated rings. The molecule has 1 amide bonds. The van der Waals surface area contributed by atoms with Crippen LogP contribution in [0.15, 0.2) is 88.9 Å². The summed E-state index contributed by atoms with van der Waals surface area (Å²) < 4.78 is 2.09. The number of amides is 1. The van der Waals surface area contributed by atoms with E-state index in [-0.39, 0.29) is 11.5 Å². The molecule has 0 bridgehead atoms. The molecule has 176 valence electrons. The highest BCUT2D eigenvalue weighted by atomic mass is 32.2. The molecule has 1 aliphatic heterocycles. The minimum Gasteiger partial charge on any atom is -0.478 e. The third-order valence-corrected chi connectivity index (χ3v) is 6.99. The van der Waals surface area contributed by atoms with Gasteiger partial charge in [-0.15, -0.1) is 0 Å². The molecule has 1 N–H and O–H groups in total. The number of fused-ring (bicyclic) bond motifs is 1. The van der Waals surface area contributed by atoms with E-state index in [0.717, 1.165) is 22.0 Å². The lowest BCUT2D eigenvalue weighted by molar-refractivity contribution is -0.121. The number of thioether (sulfide) groups is 1. The Hall–Kier alpha value is -4.61. The summed E-state index contributed by atoms with van der Waals surface area (Å²) >= 11 is 1.27. The second-order valence-electron chi connectivity index (χ2n) is 8.22. The van der Waals surface area contributed by atoms with Crippen molar-refractivity contribution in [1.29, 1.82) is 5.26 Å². The summed E-state index contributed by atoms with van der Waals surface area (Å²) in [4.78, 5) is 30.7. The Kier molecular flexibility index (Phi) is 6.15. The van der Waals surface area contributed by atoms with Gasteiger partial charge in [0.05, 0.1) is 27.8 Å². The molecule has 1 aliphatic rings. The van der Waals surface area contributed by atoms with Crippen LogP contribution in [-0.2, 0) is 11.3 Å². The number of aromatic carboxylic acids is 1. The fourth-order valence-corrected chi connectivity index (χ4v) is 5.03. The van der Waals surface area contributed by atoms with Gasteiger partial charge in [-0.2, -0.15) is 5.26 Å². The van der Waals surface area contributed by atoms with Crippen LogP contribution in [0.25, 0.3) is 17.0 Å². The van der Waals surface area contributed by atoms with Crippen LogP contribution in [0, 0.1) is 11.3 Å². The SMILES string of the molecule is CN1C(=O)/C(=C/c2cn(Cc3ccccc3C#N)c3ccccc23)SC1=Nc1ccc(C(=O)O)cc1. The number of hydrogen-bond acceptors (Lipinski definition) is 5. The summed E-state index contributed by atoms with van der Waals surface area (Å²) in [5, 5.41) is 20.1. The van der Waals surface area contributed by atoms with Gasteiger partial charge < -0.3 is 9.67 Å². The number of amidine groups is 1. The number of rotatable bonds is 5. The minimum atomic E-state index is -1.00. The summed E-state index contributed by atoms with van der Waals surface area (Å²) in [5.74, 6) is -1.16. The van der Waals surface area contributed by atoms with Gasteiger partial charge in [0.2, 0.25) is 0 Å². The maximum absolute atomic E-state index is 13.0. The number of benzene rings is 3. The van der Waals surface area contributed by atoms with Crippen molar-refractivity contribution in [1.82, 2.24) is 9.47 Å². The Morgan fingerprint density at radius 3 is 2.56 bits per heavy atom. The fraction of sp³-hybridized carbons (Fsp3) is 0.0714. The van der Waals surface area contributed by atoms with E-state index >= 15 is 0 Å². The number of carboxylic acids is 1. The first-order valence-corrected chi connectivity index (χ1v) is 11.9. The number of carbonyl (C=O) groups excluding carboxylic acids is 1. The van der Waals surface area contributed by atoms with Gasteiger partial charge in [-0.1, -0.05) is 36.4 Å². The summed E-state index contributed by atoms with van der Waals surface area (Å²) in [5.41, 5.74) is 4.21. The number of aromatic nitrogens is 1. The average Bonchev–Trinajstić information content (AvgIpc) is 3.37. The van der Waals surface area contributed by atoms with Crippen molar-refractivity contribution >= 4 is 51.5 Å². The summed E-state index contributed by atoms with van der Waals surface area (Å²) in [6.45, 7) is 0.535. The van der Waals surface area contributed by atoms with E-state index in [2.05, 4.69) is 15.6 Å². The molecule has 0 saturated carbocycles. The molecule has 7 nitrogen and oxygen atoms in total.